The van der Waals surface area contributed by atoms with Crippen LogP contribution in [0.2, 0.25) is 0 Å². The van der Waals surface area contributed by atoms with E-state index in [0.29, 0.717) is 24.9 Å². The molecule has 1 saturated heterocycles. The molecular weight excluding hydrogens is 334 g/mol. The maximum atomic E-state index is 12.3. The van der Waals surface area contributed by atoms with Gasteiger partial charge < -0.3 is 15.4 Å². The summed E-state index contributed by atoms with van der Waals surface area (Å²) in [6, 6.07) is 5.80. The topological polar surface area (TPSA) is 119 Å². The first-order valence-corrected chi connectivity index (χ1v) is 8.96. The molecule has 3 rings (SSSR count). The van der Waals surface area contributed by atoms with E-state index in [0.717, 1.165) is 0 Å². The number of carbonyl (C=O) groups is 2. The van der Waals surface area contributed by atoms with Crippen molar-refractivity contribution in [2.45, 2.75) is 36.8 Å². The number of esters is 1. The highest BCUT2D eigenvalue weighted by Crippen LogP contribution is 2.31. The van der Waals surface area contributed by atoms with Crippen LogP contribution >= 0.6 is 0 Å². The second-order valence-electron chi connectivity index (χ2n) is 5.72. The number of amidine groups is 1. The molecule has 9 heteroatoms. The van der Waals surface area contributed by atoms with Gasteiger partial charge in [-0.3, -0.25) is 4.79 Å². The van der Waals surface area contributed by atoms with Crippen LogP contribution < -0.4 is 5.73 Å². The number of ether oxygens (including phenoxy) is 1. The van der Waals surface area contributed by atoms with Crippen molar-refractivity contribution in [2.24, 2.45) is 10.1 Å². The first-order valence-electron chi connectivity index (χ1n) is 7.52. The molecule has 0 unspecified atom stereocenters. The zero-order valence-electron chi connectivity index (χ0n) is 13.0. The molecule has 128 valence electrons. The average molecular weight is 351 g/mol. The van der Waals surface area contributed by atoms with E-state index < -0.39 is 34.0 Å². The van der Waals surface area contributed by atoms with E-state index >= 15 is 0 Å². The molecule has 0 radical (unpaired) electrons. The van der Waals surface area contributed by atoms with Crippen LogP contribution in [-0.2, 0) is 24.3 Å². The Morgan fingerprint density at radius 1 is 1.38 bits per heavy atom. The predicted octanol–water partition coefficient (Wildman–Crippen LogP) is 0.0169. The van der Waals surface area contributed by atoms with Crippen LogP contribution in [0.1, 0.15) is 25.3 Å². The van der Waals surface area contributed by atoms with Crippen molar-refractivity contribution >= 4 is 27.7 Å². The van der Waals surface area contributed by atoms with E-state index in [1.54, 1.807) is 23.1 Å². The summed E-state index contributed by atoms with van der Waals surface area (Å²) in [6.07, 6.45) is 0.138. The van der Waals surface area contributed by atoms with Crippen molar-refractivity contribution in [3.8, 4) is 0 Å². The zero-order chi connectivity index (χ0) is 17.5. The molecule has 1 fully saturated rings. The monoisotopic (exact) mass is 351 g/mol. The lowest BCUT2D eigenvalue weighted by molar-refractivity contribution is -0.157. The van der Waals surface area contributed by atoms with Crippen molar-refractivity contribution in [3.63, 3.8) is 0 Å². The van der Waals surface area contributed by atoms with Gasteiger partial charge in [-0.15, -0.1) is 4.40 Å². The highest BCUT2D eigenvalue weighted by molar-refractivity contribution is 7.90. The van der Waals surface area contributed by atoms with E-state index in [-0.39, 0.29) is 10.7 Å². The van der Waals surface area contributed by atoms with Gasteiger partial charge in [0.2, 0.25) is 0 Å². The number of nitrogens with two attached hydrogens (primary N) is 1. The molecule has 0 aromatic heterocycles. The molecule has 2 heterocycles. The number of amides is 1. The predicted molar refractivity (Wildman–Crippen MR) is 84.6 cm³/mol. The van der Waals surface area contributed by atoms with Gasteiger partial charge >= 0.3 is 5.97 Å². The van der Waals surface area contributed by atoms with Gasteiger partial charge in [-0.25, -0.2) is 4.79 Å². The molecular formula is C15H17N3O5S. The van der Waals surface area contributed by atoms with Crippen LogP contribution in [0.5, 0.6) is 0 Å². The largest absolute Gasteiger partial charge is 0.451 e. The van der Waals surface area contributed by atoms with Gasteiger partial charge in [0, 0.05) is 12.1 Å². The smallest absolute Gasteiger partial charge is 0.329 e. The van der Waals surface area contributed by atoms with Crippen LogP contribution in [0.4, 0.5) is 0 Å². The first kappa shape index (κ1) is 16.4. The van der Waals surface area contributed by atoms with Gasteiger partial charge in [-0.2, -0.15) is 8.42 Å². The van der Waals surface area contributed by atoms with E-state index in [1.807, 2.05) is 0 Å². The van der Waals surface area contributed by atoms with Crippen molar-refractivity contribution in [1.29, 1.82) is 0 Å². The van der Waals surface area contributed by atoms with Crippen LogP contribution in [0.3, 0.4) is 0 Å². The molecule has 0 saturated carbocycles. The van der Waals surface area contributed by atoms with Gasteiger partial charge in [0.15, 0.2) is 11.9 Å². The van der Waals surface area contributed by atoms with Gasteiger partial charge in [-0.1, -0.05) is 12.1 Å². The number of hydrogen-bond acceptors (Lipinski definition) is 6. The minimum absolute atomic E-state index is 0.129. The second-order valence-corrected chi connectivity index (χ2v) is 7.29. The summed E-state index contributed by atoms with van der Waals surface area (Å²) < 4.78 is 33.2. The van der Waals surface area contributed by atoms with E-state index in [2.05, 4.69) is 4.40 Å². The van der Waals surface area contributed by atoms with Crippen molar-refractivity contribution in [3.05, 3.63) is 29.8 Å². The van der Waals surface area contributed by atoms with E-state index in [1.165, 1.54) is 13.0 Å². The number of fused-ring (bicyclic) bond motifs is 1. The Labute approximate surface area is 139 Å². The van der Waals surface area contributed by atoms with Crippen molar-refractivity contribution in [2.75, 3.05) is 6.54 Å². The number of likely N-dealkylation sites (tertiary alicyclic amines) is 1. The van der Waals surface area contributed by atoms with Gasteiger partial charge in [0.05, 0.1) is 0 Å². The fraction of sp³-hybridized carbons (Fsp3) is 0.400. The summed E-state index contributed by atoms with van der Waals surface area (Å²) in [5, 5.41) is 0. The third-order valence-corrected chi connectivity index (χ3v) is 5.43. The quantitative estimate of drug-likeness (QED) is 0.767. The number of hydrogen-bond donors (Lipinski definition) is 1. The van der Waals surface area contributed by atoms with Gasteiger partial charge in [0.1, 0.15) is 10.9 Å². The summed E-state index contributed by atoms with van der Waals surface area (Å²) >= 11 is 0. The molecule has 0 spiro atoms. The number of nitrogens with zero attached hydrogens (tertiary/aromatic N) is 2. The highest BCUT2D eigenvalue weighted by atomic mass is 32.2. The molecule has 24 heavy (non-hydrogen) atoms. The molecule has 1 aromatic carbocycles. The molecule has 2 atom stereocenters. The average Bonchev–Trinajstić information content (AvgIpc) is 3.10. The summed E-state index contributed by atoms with van der Waals surface area (Å²) in [6.45, 7) is 1.87. The molecule has 8 nitrogen and oxygen atoms in total. The van der Waals surface area contributed by atoms with Crippen molar-refractivity contribution < 1.29 is 22.7 Å². The molecule has 0 aliphatic carbocycles. The van der Waals surface area contributed by atoms with Gasteiger partial charge in [-0.05, 0) is 31.9 Å². The van der Waals surface area contributed by atoms with E-state index in [9.17, 15) is 18.0 Å². The standard InChI is InChI=1S/C15H17N3O5S/c1-9(13(16)19)23-15(20)11-6-4-8-18(11)14-10-5-2-3-7-12(10)24(21,22)17-14/h2-3,5,7,9,11H,4,6,8H2,1H3,(H2,16,19)/t9-,11-/m0/s1. The minimum atomic E-state index is -3.76. The number of sulfonamides is 1. The zero-order valence-corrected chi connectivity index (χ0v) is 13.8. The summed E-state index contributed by atoms with van der Waals surface area (Å²) in [4.78, 5) is 25.1. The summed E-state index contributed by atoms with van der Waals surface area (Å²) in [7, 11) is -3.76. The molecule has 2 aliphatic heterocycles. The normalized spacial score (nSPS) is 22.6. The Kier molecular flexibility index (Phi) is 4.04. The number of carbonyl (C=O) groups excluding carboxylic acids is 2. The SMILES string of the molecule is C[C@H](OC(=O)[C@@H]1CCCN1C1=NS(=O)(=O)c2ccccc21)C(N)=O. The minimum Gasteiger partial charge on any atom is -0.451 e. The molecule has 1 amide bonds. The fourth-order valence-electron chi connectivity index (χ4n) is 2.87. The Morgan fingerprint density at radius 3 is 2.79 bits per heavy atom. The molecule has 0 bridgehead atoms. The van der Waals surface area contributed by atoms with Crippen LogP contribution in [-0.4, -0.2) is 49.7 Å². The van der Waals surface area contributed by atoms with Crippen LogP contribution in [0.15, 0.2) is 33.6 Å². The Balaban J connectivity index is 1.90. The highest BCUT2D eigenvalue weighted by Gasteiger charge is 2.40. The summed E-state index contributed by atoms with van der Waals surface area (Å²) in [5.74, 6) is -1.10. The Hall–Kier alpha value is -2.42. The maximum Gasteiger partial charge on any atom is 0.329 e. The lowest BCUT2D eigenvalue weighted by atomic mass is 10.1. The second kappa shape index (κ2) is 5.90. The molecule has 2 N–H and O–H groups in total. The molecule has 2 aliphatic rings. The Bertz CT molecular complexity index is 833. The third-order valence-electron chi connectivity index (χ3n) is 4.10. The molecule has 1 aromatic rings. The van der Waals surface area contributed by atoms with Crippen LogP contribution in [0.25, 0.3) is 0 Å². The number of benzene rings is 1. The first-order chi connectivity index (χ1) is 11.3. The van der Waals surface area contributed by atoms with E-state index in [4.69, 9.17) is 10.5 Å². The van der Waals surface area contributed by atoms with Crippen LogP contribution in [0, 0.1) is 0 Å². The summed E-state index contributed by atoms with van der Waals surface area (Å²) in [5.41, 5.74) is 5.58. The third kappa shape index (κ3) is 2.75. The van der Waals surface area contributed by atoms with Gasteiger partial charge in [0.25, 0.3) is 15.9 Å². The number of primary amides is 1. The van der Waals surface area contributed by atoms with Crippen molar-refractivity contribution in [1.82, 2.24) is 4.90 Å². The maximum absolute atomic E-state index is 12.3. The lowest BCUT2D eigenvalue weighted by Gasteiger charge is -2.25. The fourth-order valence-corrected chi connectivity index (χ4v) is 4.09. The Morgan fingerprint density at radius 2 is 2.08 bits per heavy atom. The lowest BCUT2D eigenvalue weighted by Crippen LogP contribution is -2.43. The number of rotatable bonds is 3.